The zero-order valence-corrected chi connectivity index (χ0v) is 28.0. The average molecular weight is 661 g/mol. The number of nitrogens with zero attached hydrogens (tertiary/aromatic N) is 4. The first-order valence-electron chi connectivity index (χ1n) is 17.5. The Kier molecular flexibility index (Phi) is 5.99. The third-order valence-corrected chi connectivity index (χ3v) is 10.7. The van der Waals surface area contributed by atoms with Gasteiger partial charge in [0, 0.05) is 55.5 Å². The van der Waals surface area contributed by atoms with Gasteiger partial charge >= 0.3 is 0 Å². The van der Waals surface area contributed by atoms with E-state index >= 15 is 0 Å². The molecule has 4 heteroatoms. The van der Waals surface area contributed by atoms with E-state index in [1.165, 1.54) is 38.0 Å². The molecule has 0 amide bonds. The van der Waals surface area contributed by atoms with Crippen molar-refractivity contribution in [2.24, 2.45) is 0 Å². The fourth-order valence-electron chi connectivity index (χ4n) is 8.52. The number of benzene rings is 8. The van der Waals surface area contributed by atoms with Crippen molar-refractivity contribution < 1.29 is 0 Å². The predicted molar refractivity (Wildman–Crippen MR) is 217 cm³/mol. The van der Waals surface area contributed by atoms with Crippen molar-refractivity contribution >= 4 is 81.7 Å². The molecule has 11 rings (SSSR count). The van der Waals surface area contributed by atoms with Gasteiger partial charge in [0.25, 0.3) is 0 Å². The molecule has 240 valence electrons. The van der Waals surface area contributed by atoms with Crippen LogP contribution in [0, 0.1) is 6.57 Å². The minimum atomic E-state index is 0.623. The van der Waals surface area contributed by atoms with Crippen molar-refractivity contribution in [1.82, 2.24) is 14.1 Å². The molecule has 52 heavy (non-hydrogen) atoms. The third kappa shape index (κ3) is 3.99. The molecule has 3 heterocycles. The molecule has 0 aliphatic heterocycles. The fourth-order valence-corrected chi connectivity index (χ4v) is 8.52. The van der Waals surface area contributed by atoms with Crippen LogP contribution in [0.1, 0.15) is 0 Å². The van der Waals surface area contributed by atoms with Crippen LogP contribution in [0.25, 0.3) is 103 Å². The van der Waals surface area contributed by atoms with Crippen molar-refractivity contribution in [3.05, 3.63) is 181 Å². The van der Waals surface area contributed by atoms with Gasteiger partial charge < -0.3 is 9.13 Å². The molecule has 0 unspecified atom stereocenters. The Morgan fingerprint density at radius 3 is 1.94 bits per heavy atom. The number of hydrogen-bond acceptors (Lipinski definition) is 1. The Morgan fingerprint density at radius 1 is 0.423 bits per heavy atom. The molecule has 0 bridgehead atoms. The number of hydrogen-bond donors (Lipinski definition) is 0. The van der Waals surface area contributed by atoms with E-state index in [1.54, 1.807) is 0 Å². The minimum Gasteiger partial charge on any atom is -0.310 e. The first kappa shape index (κ1) is 28.6. The Morgan fingerprint density at radius 2 is 1.10 bits per heavy atom. The summed E-state index contributed by atoms with van der Waals surface area (Å²) in [5, 5.41) is 10.5. The van der Waals surface area contributed by atoms with Gasteiger partial charge in [-0.1, -0.05) is 103 Å². The molecule has 0 saturated heterocycles. The average Bonchev–Trinajstić information content (AvgIpc) is 3.72. The zero-order chi connectivity index (χ0) is 34.3. The molecule has 0 N–H and O–H groups in total. The van der Waals surface area contributed by atoms with Crippen LogP contribution in [0.2, 0.25) is 0 Å². The van der Waals surface area contributed by atoms with Gasteiger partial charge in [0.2, 0.25) is 0 Å². The van der Waals surface area contributed by atoms with Gasteiger partial charge in [0.1, 0.15) is 0 Å². The molecular formula is C48H28N4. The van der Waals surface area contributed by atoms with Crippen LogP contribution >= 0.6 is 0 Å². The van der Waals surface area contributed by atoms with Crippen molar-refractivity contribution in [2.75, 3.05) is 0 Å². The maximum absolute atomic E-state index is 7.71. The second kappa shape index (κ2) is 10.9. The summed E-state index contributed by atoms with van der Waals surface area (Å²) < 4.78 is 4.68. The molecule has 0 atom stereocenters. The number of fused-ring (bicyclic) bond motifs is 11. The van der Waals surface area contributed by atoms with Crippen molar-refractivity contribution in [1.29, 1.82) is 0 Å². The Balaban J connectivity index is 1.31. The molecule has 0 fully saturated rings. The lowest BCUT2D eigenvalue weighted by Gasteiger charge is -2.15. The molecule has 0 aliphatic carbocycles. The summed E-state index contributed by atoms with van der Waals surface area (Å²) in [6, 6.07) is 58.2. The molecule has 8 aromatic carbocycles. The Hall–Kier alpha value is -7.22. The van der Waals surface area contributed by atoms with Gasteiger partial charge in [0.15, 0.2) is 5.69 Å². The van der Waals surface area contributed by atoms with Crippen LogP contribution in [-0.2, 0) is 0 Å². The number of pyridine rings is 1. The van der Waals surface area contributed by atoms with Gasteiger partial charge in [-0.25, -0.2) is 4.85 Å². The number of aromatic nitrogens is 3. The summed E-state index contributed by atoms with van der Waals surface area (Å²) >= 11 is 0. The van der Waals surface area contributed by atoms with E-state index in [4.69, 9.17) is 11.6 Å². The summed E-state index contributed by atoms with van der Waals surface area (Å²) in [7, 11) is 0. The van der Waals surface area contributed by atoms with Crippen LogP contribution < -0.4 is 0 Å². The summed E-state index contributed by atoms with van der Waals surface area (Å²) in [6.45, 7) is 7.71. The fraction of sp³-hybridized carbons (Fsp3) is 0. The monoisotopic (exact) mass is 660 g/mol. The SMILES string of the molecule is [C-]#[N+]c1cccc(-n2c3ccccc3c3cc4cc(-c5cccc6c5c5ccccc5n6-c5ccccc5)c5ncc6ccccc6c5c4cc32)c1. The maximum atomic E-state index is 7.71. The largest absolute Gasteiger partial charge is 0.310 e. The number of para-hydroxylation sites is 3. The topological polar surface area (TPSA) is 27.1 Å². The quantitative estimate of drug-likeness (QED) is 0.137. The van der Waals surface area contributed by atoms with E-state index in [0.717, 1.165) is 60.6 Å². The van der Waals surface area contributed by atoms with Gasteiger partial charge in [-0.3, -0.25) is 4.98 Å². The lowest BCUT2D eigenvalue weighted by Crippen LogP contribution is -1.94. The smallest absolute Gasteiger partial charge is 0.189 e. The molecule has 0 saturated carbocycles. The van der Waals surface area contributed by atoms with Gasteiger partial charge in [-0.2, -0.15) is 0 Å². The molecule has 0 spiro atoms. The highest BCUT2D eigenvalue weighted by molar-refractivity contribution is 6.28. The van der Waals surface area contributed by atoms with E-state index in [1.807, 2.05) is 24.4 Å². The van der Waals surface area contributed by atoms with E-state index < -0.39 is 0 Å². The predicted octanol–water partition coefficient (Wildman–Crippen LogP) is 13.0. The standard InChI is InChI=1S/C48H28N4/c1-49-32-14-11-17-34(27-32)52-42-22-9-7-19-36(42)40-25-31-26-41(48-47(39(31)28-45(40)52)35-18-6-5-13-30(35)29-50-48)37-21-12-24-44-46(37)38-20-8-10-23-43(38)51(44)33-15-3-2-4-16-33/h2-29H. The van der Waals surface area contributed by atoms with E-state index in [-0.39, 0.29) is 0 Å². The molecule has 0 aliphatic rings. The highest BCUT2D eigenvalue weighted by Gasteiger charge is 2.21. The van der Waals surface area contributed by atoms with E-state index in [9.17, 15) is 0 Å². The molecule has 0 radical (unpaired) electrons. The Labute approximate surface area is 298 Å². The van der Waals surface area contributed by atoms with Crippen LogP contribution in [0.4, 0.5) is 5.69 Å². The summed E-state index contributed by atoms with van der Waals surface area (Å²) in [5.74, 6) is 0. The maximum Gasteiger partial charge on any atom is 0.189 e. The van der Waals surface area contributed by atoms with Crippen LogP contribution in [0.15, 0.2) is 170 Å². The Bertz CT molecular complexity index is 3300. The second-order valence-corrected chi connectivity index (χ2v) is 13.5. The normalized spacial score (nSPS) is 11.8. The lowest BCUT2D eigenvalue weighted by atomic mass is 9.91. The molecule has 3 aromatic heterocycles. The zero-order valence-electron chi connectivity index (χ0n) is 28.0. The van der Waals surface area contributed by atoms with E-state index in [0.29, 0.717) is 5.69 Å². The highest BCUT2D eigenvalue weighted by Crippen LogP contribution is 2.45. The first-order chi connectivity index (χ1) is 25.8. The summed E-state index contributed by atoms with van der Waals surface area (Å²) in [6.07, 6.45) is 2.02. The second-order valence-electron chi connectivity index (χ2n) is 13.5. The summed E-state index contributed by atoms with van der Waals surface area (Å²) in [4.78, 5) is 9.02. The third-order valence-electron chi connectivity index (χ3n) is 10.7. The van der Waals surface area contributed by atoms with Crippen molar-refractivity contribution in [3.63, 3.8) is 0 Å². The van der Waals surface area contributed by atoms with Crippen molar-refractivity contribution in [2.45, 2.75) is 0 Å². The highest BCUT2D eigenvalue weighted by atomic mass is 15.0. The van der Waals surface area contributed by atoms with Gasteiger partial charge in [0.05, 0.1) is 34.2 Å². The molecular weight excluding hydrogens is 633 g/mol. The van der Waals surface area contributed by atoms with Gasteiger partial charge in [-0.15, -0.1) is 0 Å². The minimum absolute atomic E-state index is 0.623. The molecule has 11 aromatic rings. The van der Waals surface area contributed by atoms with Crippen molar-refractivity contribution in [3.8, 4) is 22.5 Å². The summed E-state index contributed by atoms with van der Waals surface area (Å²) in [5.41, 5.74) is 10.6. The van der Waals surface area contributed by atoms with E-state index in [2.05, 4.69) is 160 Å². The first-order valence-corrected chi connectivity index (χ1v) is 17.5. The van der Waals surface area contributed by atoms with Gasteiger partial charge in [-0.05, 0) is 82.4 Å². The lowest BCUT2D eigenvalue weighted by molar-refractivity contribution is 1.18. The van der Waals surface area contributed by atoms with Crippen LogP contribution in [-0.4, -0.2) is 14.1 Å². The van der Waals surface area contributed by atoms with Crippen LogP contribution in [0.5, 0.6) is 0 Å². The molecule has 4 nitrogen and oxygen atoms in total. The van der Waals surface area contributed by atoms with Crippen LogP contribution in [0.3, 0.4) is 0 Å². The number of rotatable bonds is 3.